The van der Waals surface area contributed by atoms with Crippen molar-refractivity contribution in [3.8, 4) is 5.75 Å². The van der Waals surface area contributed by atoms with Gasteiger partial charge in [-0.25, -0.2) is 0 Å². The van der Waals surface area contributed by atoms with Gasteiger partial charge in [0.2, 0.25) is 0 Å². The molecule has 1 amide bonds. The third-order valence-electron chi connectivity index (χ3n) is 4.52. The van der Waals surface area contributed by atoms with Gasteiger partial charge < -0.3 is 9.64 Å². The van der Waals surface area contributed by atoms with Crippen LogP contribution in [0.5, 0.6) is 5.75 Å². The van der Waals surface area contributed by atoms with E-state index in [4.69, 9.17) is 4.74 Å². The van der Waals surface area contributed by atoms with Gasteiger partial charge in [-0.2, -0.15) is 0 Å². The Kier molecular flexibility index (Phi) is 4.98. The highest BCUT2D eigenvalue weighted by Gasteiger charge is 2.23. The number of nitrogens with zero attached hydrogens (tertiary/aromatic N) is 2. The van der Waals surface area contributed by atoms with Gasteiger partial charge in [0.1, 0.15) is 5.75 Å². The number of amides is 1. The number of carbonyl (C=O) groups excluding carboxylic acids is 1. The molecule has 0 saturated carbocycles. The first-order valence-corrected chi connectivity index (χ1v) is 8.44. The van der Waals surface area contributed by atoms with Crippen molar-refractivity contribution in [1.82, 2.24) is 9.88 Å². The van der Waals surface area contributed by atoms with Crippen LogP contribution in [0.25, 0.3) is 10.9 Å². The summed E-state index contributed by atoms with van der Waals surface area (Å²) in [5.74, 6) is 0.804. The molecule has 0 aliphatic rings. The summed E-state index contributed by atoms with van der Waals surface area (Å²) in [6, 6.07) is 17.3. The molecule has 4 heteroatoms. The number of rotatable bonds is 5. The summed E-state index contributed by atoms with van der Waals surface area (Å²) in [7, 11) is 1.65. The monoisotopic (exact) mass is 334 g/mol. The van der Waals surface area contributed by atoms with Crippen LogP contribution in [-0.2, 0) is 0 Å². The molecule has 0 fully saturated rings. The molecule has 1 aromatic heterocycles. The number of ether oxygens (including phenoxy) is 1. The number of carbonyl (C=O) groups is 1. The van der Waals surface area contributed by atoms with E-state index in [1.807, 2.05) is 67.3 Å². The van der Waals surface area contributed by atoms with Crippen LogP contribution in [0, 0.1) is 0 Å². The van der Waals surface area contributed by atoms with Crippen molar-refractivity contribution in [2.24, 2.45) is 0 Å². The molecule has 0 radical (unpaired) electrons. The summed E-state index contributed by atoms with van der Waals surface area (Å²) in [4.78, 5) is 19.4. The molecule has 3 rings (SSSR count). The van der Waals surface area contributed by atoms with E-state index in [0.29, 0.717) is 12.1 Å². The molecule has 0 bridgehead atoms. The molecular formula is C21H22N2O2. The molecule has 128 valence electrons. The zero-order chi connectivity index (χ0) is 17.8. The van der Waals surface area contributed by atoms with Crippen LogP contribution in [0.15, 0.2) is 60.8 Å². The second-order valence-corrected chi connectivity index (χ2v) is 5.92. The molecule has 0 saturated heterocycles. The fraction of sp³-hybridized carbons (Fsp3) is 0.238. The van der Waals surface area contributed by atoms with Crippen LogP contribution in [0.3, 0.4) is 0 Å². The molecule has 3 aromatic rings. The van der Waals surface area contributed by atoms with E-state index >= 15 is 0 Å². The molecule has 0 spiro atoms. The van der Waals surface area contributed by atoms with Crippen molar-refractivity contribution in [3.63, 3.8) is 0 Å². The standard InChI is InChI=1S/C21H22N2O2/c1-4-23(15(2)16-8-7-9-17(14-16)25-3)21(24)19-12-13-22-20-11-6-5-10-18(19)20/h5-15H,4H2,1-3H3. The molecule has 0 aliphatic carbocycles. The Labute approximate surface area is 148 Å². The van der Waals surface area contributed by atoms with Crippen LogP contribution in [0.4, 0.5) is 0 Å². The van der Waals surface area contributed by atoms with Crippen molar-refractivity contribution in [3.05, 3.63) is 71.9 Å². The summed E-state index contributed by atoms with van der Waals surface area (Å²) < 4.78 is 5.31. The highest BCUT2D eigenvalue weighted by atomic mass is 16.5. The second kappa shape index (κ2) is 7.34. The number of benzene rings is 2. The number of methoxy groups -OCH3 is 1. The lowest BCUT2D eigenvalue weighted by atomic mass is 10.0. The number of para-hydroxylation sites is 1. The van der Waals surface area contributed by atoms with E-state index in [0.717, 1.165) is 22.2 Å². The first kappa shape index (κ1) is 17.0. The maximum atomic E-state index is 13.2. The highest BCUT2D eigenvalue weighted by Crippen LogP contribution is 2.27. The molecular weight excluding hydrogens is 312 g/mol. The van der Waals surface area contributed by atoms with E-state index < -0.39 is 0 Å². The van der Waals surface area contributed by atoms with E-state index in [1.54, 1.807) is 19.4 Å². The Morgan fingerprint density at radius 3 is 2.72 bits per heavy atom. The summed E-state index contributed by atoms with van der Waals surface area (Å²) in [5, 5.41) is 0.881. The Balaban J connectivity index is 1.97. The number of fused-ring (bicyclic) bond motifs is 1. The minimum absolute atomic E-state index is 0.0106. The molecule has 1 unspecified atom stereocenters. The van der Waals surface area contributed by atoms with Crippen molar-refractivity contribution in [2.75, 3.05) is 13.7 Å². The number of hydrogen-bond donors (Lipinski definition) is 0. The summed E-state index contributed by atoms with van der Waals surface area (Å²) in [6.07, 6.45) is 1.69. The van der Waals surface area contributed by atoms with Crippen molar-refractivity contribution in [2.45, 2.75) is 19.9 Å². The lowest BCUT2D eigenvalue weighted by Gasteiger charge is -2.29. The van der Waals surface area contributed by atoms with Crippen LogP contribution < -0.4 is 4.74 Å². The van der Waals surface area contributed by atoms with Gasteiger partial charge in [-0.3, -0.25) is 9.78 Å². The van der Waals surface area contributed by atoms with E-state index in [-0.39, 0.29) is 11.9 Å². The average molecular weight is 334 g/mol. The first-order valence-electron chi connectivity index (χ1n) is 8.44. The molecule has 2 aromatic carbocycles. The van der Waals surface area contributed by atoms with Gasteiger partial charge in [0.05, 0.1) is 24.2 Å². The van der Waals surface area contributed by atoms with E-state index in [1.165, 1.54) is 0 Å². The third-order valence-corrected chi connectivity index (χ3v) is 4.52. The zero-order valence-electron chi connectivity index (χ0n) is 14.8. The lowest BCUT2D eigenvalue weighted by Crippen LogP contribution is -2.33. The van der Waals surface area contributed by atoms with Crippen LogP contribution in [0.2, 0.25) is 0 Å². The highest BCUT2D eigenvalue weighted by molar-refractivity contribution is 6.06. The number of hydrogen-bond acceptors (Lipinski definition) is 3. The molecule has 25 heavy (non-hydrogen) atoms. The van der Waals surface area contributed by atoms with Crippen LogP contribution in [-0.4, -0.2) is 29.4 Å². The van der Waals surface area contributed by atoms with Gasteiger partial charge in [-0.05, 0) is 43.7 Å². The van der Waals surface area contributed by atoms with E-state index in [2.05, 4.69) is 4.98 Å². The fourth-order valence-electron chi connectivity index (χ4n) is 3.11. The normalized spacial score (nSPS) is 12.0. The van der Waals surface area contributed by atoms with Crippen molar-refractivity contribution < 1.29 is 9.53 Å². The minimum Gasteiger partial charge on any atom is -0.497 e. The summed E-state index contributed by atoms with van der Waals surface area (Å²) in [5.41, 5.74) is 2.56. The predicted octanol–water partition coefficient (Wildman–Crippen LogP) is 4.47. The predicted molar refractivity (Wildman–Crippen MR) is 99.9 cm³/mol. The summed E-state index contributed by atoms with van der Waals surface area (Å²) >= 11 is 0. The van der Waals surface area contributed by atoms with Gasteiger partial charge in [0.25, 0.3) is 5.91 Å². The van der Waals surface area contributed by atoms with Gasteiger partial charge >= 0.3 is 0 Å². The largest absolute Gasteiger partial charge is 0.497 e. The topological polar surface area (TPSA) is 42.4 Å². The van der Waals surface area contributed by atoms with Crippen LogP contribution >= 0.6 is 0 Å². The fourth-order valence-corrected chi connectivity index (χ4v) is 3.11. The summed E-state index contributed by atoms with van der Waals surface area (Å²) in [6.45, 7) is 4.66. The van der Waals surface area contributed by atoms with Crippen molar-refractivity contribution in [1.29, 1.82) is 0 Å². The molecule has 0 aliphatic heterocycles. The third kappa shape index (κ3) is 3.33. The van der Waals surface area contributed by atoms with Crippen molar-refractivity contribution >= 4 is 16.8 Å². The molecule has 4 nitrogen and oxygen atoms in total. The van der Waals surface area contributed by atoms with Gasteiger partial charge in [0, 0.05) is 18.1 Å². The van der Waals surface area contributed by atoms with Gasteiger partial charge in [-0.15, -0.1) is 0 Å². The lowest BCUT2D eigenvalue weighted by molar-refractivity contribution is 0.0704. The van der Waals surface area contributed by atoms with Gasteiger partial charge in [-0.1, -0.05) is 30.3 Å². The van der Waals surface area contributed by atoms with Crippen LogP contribution in [0.1, 0.15) is 35.8 Å². The molecule has 0 N–H and O–H groups in total. The minimum atomic E-state index is -0.0560. The molecule has 1 heterocycles. The number of pyridine rings is 1. The zero-order valence-corrected chi connectivity index (χ0v) is 14.8. The quantitative estimate of drug-likeness (QED) is 0.691. The Morgan fingerprint density at radius 1 is 1.16 bits per heavy atom. The Bertz CT molecular complexity index is 886. The first-order chi connectivity index (χ1) is 12.2. The smallest absolute Gasteiger partial charge is 0.255 e. The van der Waals surface area contributed by atoms with Gasteiger partial charge in [0.15, 0.2) is 0 Å². The van der Waals surface area contributed by atoms with E-state index in [9.17, 15) is 4.79 Å². The molecule has 1 atom stereocenters. The average Bonchev–Trinajstić information content (AvgIpc) is 2.67. The Morgan fingerprint density at radius 2 is 1.96 bits per heavy atom. The Hall–Kier alpha value is -2.88. The SMILES string of the molecule is CCN(C(=O)c1ccnc2ccccc12)C(C)c1cccc(OC)c1. The maximum absolute atomic E-state index is 13.2. The second-order valence-electron chi connectivity index (χ2n) is 5.92. The number of aromatic nitrogens is 1. The maximum Gasteiger partial charge on any atom is 0.255 e.